The normalized spacial score (nSPS) is 13.9. The second kappa shape index (κ2) is 51.0. The second-order valence-electron chi connectivity index (χ2n) is 18.0. The molecule has 0 aliphatic rings. The number of amides is 1. The van der Waals surface area contributed by atoms with Crippen LogP contribution in [0.25, 0.3) is 0 Å². The van der Waals surface area contributed by atoms with Crippen molar-refractivity contribution in [3.05, 3.63) is 85.1 Å². The van der Waals surface area contributed by atoms with E-state index in [2.05, 4.69) is 86.8 Å². The van der Waals surface area contributed by atoms with E-state index in [1.165, 1.54) is 96.3 Å². The van der Waals surface area contributed by atoms with Crippen molar-refractivity contribution in [2.75, 3.05) is 6.61 Å². The van der Waals surface area contributed by atoms with Gasteiger partial charge >= 0.3 is 5.97 Å². The van der Waals surface area contributed by atoms with Crippen molar-refractivity contribution < 1.29 is 24.5 Å². The molecule has 3 atom stereocenters. The van der Waals surface area contributed by atoms with Crippen LogP contribution in [0, 0.1) is 0 Å². The molecule has 6 nitrogen and oxygen atoms in total. The van der Waals surface area contributed by atoms with Gasteiger partial charge in [0.1, 0.15) is 6.10 Å². The molecular formula is C58H101NO5. The lowest BCUT2D eigenvalue weighted by molar-refractivity contribution is -0.151. The quantitative estimate of drug-likeness (QED) is 0.0245. The van der Waals surface area contributed by atoms with Crippen molar-refractivity contribution in [2.24, 2.45) is 0 Å². The van der Waals surface area contributed by atoms with Gasteiger partial charge in [-0.3, -0.25) is 9.59 Å². The first-order valence-electron chi connectivity index (χ1n) is 26.9. The van der Waals surface area contributed by atoms with Crippen LogP contribution in [0.1, 0.15) is 245 Å². The number of carbonyl (C=O) groups is 2. The molecule has 6 heteroatoms. The third kappa shape index (κ3) is 45.6. The van der Waals surface area contributed by atoms with E-state index in [0.29, 0.717) is 19.3 Å². The van der Waals surface area contributed by atoms with Crippen LogP contribution in [0.4, 0.5) is 0 Å². The van der Waals surface area contributed by atoms with E-state index in [1.54, 1.807) is 0 Å². The lowest BCUT2D eigenvalue weighted by Gasteiger charge is -2.24. The summed E-state index contributed by atoms with van der Waals surface area (Å²) in [5.74, 6) is -0.518. The van der Waals surface area contributed by atoms with Crippen LogP contribution in [0.3, 0.4) is 0 Å². The smallest absolute Gasteiger partial charge is 0.306 e. The minimum atomic E-state index is -0.800. The second-order valence-corrected chi connectivity index (χ2v) is 18.0. The number of carbonyl (C=O) groups excluding carboxylic acids is 2. The van der Waals surface area contributed by atoms with E-state index in [-0.39, 0.29) is 24.9 Å². The topological polar surface area (TPSA) is 95.9 Å². The zero-order chi connectivity index (χ0) is 46.7. The Hall–Kier alpha value is -2.96. The largest absolute Gasteiger partial charge is 0.462 e. The van der Waals surface area contributed by atoms with Crippen molar-refractivity contribution in [1.29, 1.82) is 0 Å². The minimum Gasteiger partial charge on any atom is -0.462 e. The maximum Gasteiger partial charge on any atom is 0.306 e. The average Bonchev–Trinajstić information content (AvgIpc) is 3.29. The summed E-state index contributed by atoms with van der Waals surface area (Å²) in [7, 11) is 0. The predicted octanol–water partition coefficient (Wildman–Crippen LogP) is 16.3. The highest BCUT2D eigenvalue weighted by Crippen LogP contribution is 2.17. The van der Waals surface area contributed by atoms with Gasteiger partial charge in [-0.2, -0.15) is 0 Å². The fraction of sp³-hybridized carbons (Fsp3) is 0.724. The summed E-state index contributed by atoms with van der Waals surface area (Å²) < 4.78 is 5.93. The molecule has 0 radical (unpaired) electrons. The van der Waals surface area contributed by atoms with Crippen LogP contribution in [0.15, 0.2) is 85.1 Å². The number of allylic oxidation sites excluding steroid dienone is 14. The molecule has 64 heavy (non-hydrogen) atoms. The van der Waals surface area contributed by atoms with Gasteiger partial charge in [0.25, 0.3) is 0 Å². The van der Waals surface area contributed by atoms with Crippen molar-refractivity contribution in [2.45, 2.75) is 264 Å². The number of esters is 1. The average molecular weight is 892 g/mol. The first kappa shape index (κ1) is 61.0. The molecule has 0 aromatic heterocycles. The molecule has 0 heterocycles. The van der Waals surface area contributed by atoms with Gasteiger partial charge in [-0.05, 0) is 77.0 Å². The van der Waals surface area contributed by atoms with Crippen molar-refractivity contribution in [1.82, 2.24) is 5.32 Å². The predicted molar refractivity (Wildman–Crippen MR) is 278 cm³/mol. The van der Waals surface area contributed by atoms with Gasteiger partial charge in [-0.15, -0.1) is 0 Å². The molecular weight excluding hydrogens is 791 g/mol. The first-order valence-corrected chi connectivity index (χ1v) is 26.9. The highest BCUT2D eigenvalue weighted by atomic mass is 16.5. The van der Waals surface area contributed by atoms with E-state index in [4.69, 9.17) is 4.74 Å². The molecule has 3 N–H and O–H groups in total. The van der Waals surface area contributed by atoms with Gasteiger partial charge in [-0.1, -0.05) is 241 Å². The van der Waals surface area contributed by atoms with Crippen LogP contribution in [0.2, 0.25) is 0 Å². The number of aliphatic hydroxyl groups excluding tert-OH is 2. The summed E-state index contributed by atoms with van der Waals surface area (Å²) in [5.41, 5.74) is 0. The van der Waals surface area contributed by atoms with E-state index in [0.717, 1.165) is 103 Å². The minimum absolute atomic E-state index is 0.0537. The maximum absolute atomic E-state index is 13.2. The lowest BCUT2D eigenvalue weighted by atomic mass is 10.0. The van der Waals surface area contributed by atoms with E-state index in [9.17, 15) is 19.8 Å². The Morgan fingerprint density at radius 2 is 0.891 bits per heavy atom. The van der Waals surface area contributed by atoms with Crippen LogP contribution in [-0.4, -0.2) is 46.9 Å². The van der Waals surface area contributed by atoms with Crippen molar-refractivity contribution in [3.8, 4) is 0 Å². The monoisotopic (exact) mass is 892 g/mol. The molecule has 0 aromatic rings. The number of unbranched alkanes of at least 4 members (excludes halogenated alkanes) is 25. The van der Waals surface area contributed by atoms with Gasteiger partial charge in [0, 0.05) is 6.42 Å². The molecule has 0 fully saturated rings. The SMILES string of the molecule is CCC/C=C/C=C/C=C/C=C/C=C/CCCCCCCC(=O)OC(CCCCCCC/C=C\C/C=C\CCCCC)CC(=O)NC(CO)C(O)CCCCCCCCCCCCCC. The molecule has 0 saturated heterocycles. The molecule has 0 spiro atoms. The standard InChI is InChI=1S/C58H101NO5/c1-4-7-10-13-16-19-22-25-27-28-29-31-33-36-39-42-45-48-51-58(63)64-54(49-46-43-40-37-34-32-30-26-23-20-17-14-11-8-5-2)52-57(62)59-55(53-60)56(61)50-47-44-41-38-35-24-21-18-15-12-9-6-3/h10,13,16-17,19-20,22,25-31,54-56,60-61H,4-9,11-12,14-15,18,21,23-24,32-53H2,1-3H3,(H,59,62)/b13-10+,19-16+,20-17-,25-22+,28-27+,30-26-,31-29+. The summed E-state index contributed by atoms with van der Waals surface area (Å²) >= 11 is 0. The zero-order valence-electron chi connectivity index (χ0n) is 41.9. The van der Waals surface area contributed by atoms with Gasteiger partial charge < -0.3 is 20.3 Å². The Morgan fingerprint density at radius 1 is 0.469 bits per heavy atom. The molecule has 1 amide bonds. The third-order valence-electron chi connectivity index (χ3n) is 11.8. The number of nitrogens with one attached hydrogen (secondary N) is 1. The highest BCUT2D eigenvalue weighted by Gasteiger charge is 2.24. The number of hydrogen-bond donors (Lipinski definition) is 3. The van der Waals surface area contributed by atoms with Crippen LogP contribution >= 0.6 is 0 Å². The summed E-state index contributed by atoms with van der Waals surface area (Å²) in [5, 5.41) is 23.8. The number of ether oxygens (including phenoxy) is 1. The Bertz CT molecular complexity index is 1230. The zero-order valence-corrected chi connectivity index (χ0v) is 41.9. The van der Waals surface area contributed by atoms with Crippen LogP contribution in [-0.2, 0) is 14.3 Å². The number of rotatable bonds is 47. The lowest BCUT2D eigenvalue weighted by Crippen LogP contribution is -2.46. The molecule has 0 aliphatic heterocycles. The fourth-order valence-electron chi connectivity index (χ4n) is 7.73. The molecule has 0 saturated carbocycles. The summed E-state index contributed by atoms with van der Waals surface area (Å²) in [4.78, 5) is 26.2. The molecule has 0 aliphatic carbocycles. The summed E-state index contributed by atoms with van der Waals surface area (Å²) in [6.07, 6.45) is 66.3. The molecule has 368 valence electrons. The molecule has 0 bridgehead atoms. The molecule has 0 aromatic carbocycles. The van der Waals surface area contributed by atoms with E-state index >= 15 is 0 Å². The van der Waals surface area contributed by atoms with Gasteiger partial charge in [0.05, 0.1) is 25.2 Å². The molecule has 0 rings (SSSR count). The summed E-state index contributed by atoms with van der Waals surface area (Å²) in [6.45, 7) is 6.36. The number of hydrogen-bond acceptors (Lipinski definition) is 5. The van der Waals surface area contributed by atoms with Gasteiger partial charge in [-0.25, -0.2) is 0 Å². The van der Waals surface area contributed by atoms with E-state index < -0.39 is 18.2 Å². The Kier molecular flexibility index (Phi) is 48.7. The maximum atomic E-state index is 13.2. The van der Waals surface area contributed by atoms with Crippen molar-refractivity contribution >= 4 is 11.9 Å². The van der Waals surface area contributed by atoms with E-state index in [1.807, 2.05) is 24.3 Å². The van der Waals surface area contributed by atoms with Crippen molar-refractivity contribution in [3.63, 3.8) is 0 Å². The fourth-order valence-corrected chi connectivity index (χ4v) is 7.73. The molecule has 3 unspecified atom stereocenters. The van der Waals surface area contributed by atoms with Gasteiger partial charge in [0.2, 0.25) is 5.91 Å². The third-order valence-corrected chi connectivity index (χ3v) is 11.8. The van der Waals surface area contributed by atoms with Crippen LogP contribution < -0.4 is 5.32 Å². The van der Waals surface area contributed by atoms with Crippen LogP contribution in [0.5, 0.6) is 0 Å². The highest BCUT2D eigenvalue weighted by molar-refractivity contribution is 5.77. The Balaban J connectivity index is 4.67. The Morgan fingerprint density at radius 3 is 1.42 bits per heavy atom. The first-order chi connectivity index (χ1) is 31.5. The van der Waals surface area contributed by atoms with Gasteiger partial charge in [0.15, 0.2) is 0 Å². The summed E-state index contributed by atoms with van der Waals surface area (Å²) in [6, 6.07) is -0.716. The number of aliphatic hydroxyl groups is 2. The Labute approximate surface area is 395 Å².